The summed E-state index contributed by atoms with van der Waals surface area (Å²) in [5.41, 5.74) is 8.33. The molecular weight excluding hydrogens is 415 g/mol. The summed E-state index contributed by atoms with van der Waals surface area (Å²) in [7, 11) is 1.47. The van der Waals surface area contributed by atoms with Crippen molar-refractivity contribution in [1.82, 2.24) is 19.5 Å². The molecule has 2 aromatic carbocycles. The molecule has 4 aromatic rings. The summed E-state index contributed by atoms with van der Waals surface area (Å²) in [4.78, 5) is 25.5. The minimum atomic E-state index is -0.599. The van der Waals surface area contributed by atoms with Crippen LogP contribution in [0.4, 0.5) is 10.2 Å². The molecule has 3 heterocycles. The van der Waals surface area contributed by atoms with Crippen molar-refractivity contribution in [2.45, 2.75) is 13.0 Å². The van der Waals surface area contributed by atoms with Gasteiger partial charge in [0.25, 0.3) is 5.91 Å². The lowest BCUT2D eigenvalue weighted by atomic mass is 10.2. The number of nitrogens with zero attached hydrogens (tertiary/aromatic N) is 4. The molecule has 0 spiro atoms. The average Bonchev–Trinajstić information content (AvgIpc) is 3.41. The predicted octanol–water partition coefficient (Wildman–Crippen LogP) is 2.61. The van der Waals surface area contributed by atoms with Crippen LogP contribution in [0.2, 0.25) is 0 Å². The Hall–Kier alpha value is -4.21. The standard InChI is InChI=1S/C22H19FN6O3/c1-31-22-26-17-14(18(24)30)6-3-7-16(17)29(22)21-27-19(15-8-9-32-20(15)28-21)25-11-12-4-2-5-13(23)10-12/h2-7,10H,8-9,11H2,1H3,(H2,24,30)(H,25,27,28). The molecule has 10 heteroatoms. The molecule has 1 aliphatic heterocycles. The number of nitrogens with two attached hydrogens (primary N) is 1. The number of hydrogen-bond acceptors (Lipinski definition) is 7. The van der Waals surface area contributed by atoms with Crippen LogP contribution in [0, 0.1) is 5.82 Å². The van der Waals surface area contributed by atoms with E-state index in [1.807, 2.05) is 6.07 Å². The number of fused-ring (bicyclic) bond motifs is 2. The molecule has 5 rings (SSSR count). The Balaban J connectivity index is 1.62. The highest BCUT2D eigenvalue weighted by Crippen LogP contribution is 2.33. The smallest absolute Gasteiger partial charge is 0.304 e. The summed E-state index contributed by atoms with van der Waals surface area (Å²) in [6.45, 7) is 0.851. The molecule has 0 aliphatic carbocycles. The van der Waals surface area contributed by atoms with Crippen LogP contribution in [-0.4, -0.2) is 39.1 Å². The summed E-state index contributed by atoms with van der Waals surface area (Å²) < 4.78 is 26.3. The number of carbonyl (C=O) groups excluding carboxylic acids is 1. The van der Waals surface area contributed by atoms with Gasteiger partial charge >= 0.3 is 6.01 Å². The second-order valence-corrected chi connectivity index (χ2v) is 7.21. The molecule has 32 heavy (non-hydrogen) atoms. The number of hydrogen-bond donors (Lipinski definition) is 2. The summed E-state index contributed by atoms with van der Waals surface area (Å²) >= 11 is 0. The van der Waals surface area contributed by atoms with E-state index in [0.717, 1.165) is 11.1 Å². The van der Waals surface area contributed by atoms with Gasteiger partial charge in [-0.15, -0.1) is 0 Å². The Kier molecular flexibility index (Phi) is 4.81. The van der Waals surface area contributed by atoms with Crippen LogP contribution < -0.4 is 20.5 Å². The second-order valence-electron chi connectivity index (χ2n) is 7.21. The molecule has 0 radical (unpaired) electrons. The molecular formula is C22H19FN6O3. The van der Waals surface area contributed by atoms with Gasteiger partial charge in [-0.3, -0.25) is 4.79 Å². The van der Waals surface area contributed by atoms with Crippen molar-refractivity contribution >= 4 is 22.8 Å². The molecule has 0 fully saturated rings. The number of methoxy groups -OCH3 is 1. The minimum absolute atomic E-state index is 0.197. The van der Waals surface area contributed by atoms with Crippen molar-refractivity contribution in [3.8, 4) is 17.8 Å². The van der Waals surface area contributed by atoms with Gasteiger partial charge in [0.15, 0.2) is 0 Å². The summed E-state index contributed by atoms with van der Waals surface area (Å²) in [6, 6.07) is 11.6. The topological polar surface area (TPSA) is 117 Å². The lowest BCUT2D eigenvalue weighted by Gasteiger charge is -2.13. The van der Waals surface area contributed by atoms with E-state index in [1.54, 1.807) is 28.8 Å². The van der Waals surface area contributed by atoms with Gasteiger partial charge in [-0.1, -0.05) is 18.2 Å². The number of rotatable bonds is 6. The lowest BCUT2D eigenvalue weighted by molar-refractivity contribution is 0.100. The largest absolute Gasteiger partial charge is 0.477 e. The quantitative estimate of drug-likeness (QED) is 0.479. The molecule has 2 aromatic heterocycles. The molecule has 3 N–H and O–H groups in total. The highest BCUT2D eigenvalue weighted by atomic mass is 19.1. The number of aromatic nitrogens is 4. The van der Waals surface area contributed by atoms with Crippen LogP contribution in [0.15, 0.2) is 42.5 Å². The Bertz CT molecular complexity index is 1350. The Labute approximate surface area is 182 Å². The van der Waals surface area contributed by atoms with Gasteiger partial charge < -0.3 is 20.5 Å². The van der Waals surface area contributed by atoms with Crippen molar-refractivity contribution in [2.24, 2.45) is 5.73 Å². The number of imidazole rings is 1. The highest BCUT2D eigenvalue weighted by molar-refractivity contribution is 6.04. The van der Waals surface area contributed by atoms with Crippen LogP contribution in [0.5, 0.6) is 11.9 Å². The van der Waals surface area contributed by atoms with Crippen molar-refractivity contribution in [3.63, 3.8) is 0 Å². The maximum absolute atomic E-state index is 13.6. The number of ether oxygens (including phenoxy) is 2. The number of nitrogens with one attached hydrogen (secondary N) is 1. The van der Waals surface area contributed by atoms with E-state index in [4.69, 9.17) is 15.2 Å². The van der Waals surface area contributed by atoms with Crippen molar-refractivity contribution in [1.29, 1.82) is 0 Å². The van der Waals surface area contributed by atoms with Gasteiger partial charge in [0, 0.05) is 13.0 Å². The first-order chi connectivity index (χ1) is 15.5. The first kappa shape index (κ1) is 19.7. The molecule has 0 saturated carbocycles. The monoisotopic (exact) mass is 434 g/mol. The zero-order valence-electron chi connectivity index (χ0n) is 17.1. The van der Waals surface area contributed by atoms with E-state index < -0.39 is 5.91 Å². The minimum Gasteiger partial charge on any atom is -0.477 e. The Morgan fingerprint density at radius 1 is 1.25 bits per heavy atom. The van der Waals surface area contributed by atoms with E-state index in [0.29, 0.717) is 42.3 Å². The molecule has 0 saturated heterocycles. The third-order valence-electron chi connectivity index (χ3n) is 5.20. The van der Waals surface area contributed by atoms with Gasteiger partial charge in [-0.2, -0.15) is 15.0 Å². The zero-order chi connectivity index (χ0) is 22.2. The zero-order valence-corrected chi connectivity index (χ0v) is 17.1. The van der Waals surface area contributed by atoms with E-state index in [2.05, 4.69) is 20.3 Å². The highest BCUT2D eigenvalue weighted by Gasteiger charge is 2.25. The molecule has 1 amide bonds. The van der Waals surface area contributed by atoms with E-state index in [1.165, 1.54) is 19.2 Å². The molecule has 9 nitrogen and oxygen atoms in total. The third-order valence-corrected chi connectivity index (χ3v) is 5.20. The van der Waals surface area contributed by atoms with E-state index in [9.17, 15) is 9.18 Å². The molecule has 0 bridgehead atoms. The molecule has 0 atom stereocenters. The summed E-state index contributed by atoms with van der Waals surface area (Å²) in [5.74, 6) is 0.376. The van der Waals surface area contributed by atoms with Crippen LogP contribution >= 0.6 is 0 Å². The fourth-order valence-electron chi connectivity index (χ4n) is 3.73. The number of primary amides is 1. The predicted molar refractivity (Wildman–Crippen MR) is 115 cm³/mol. The van der Waals surface area contributed by atoms with Gasteiger partial charge in [0.05, 0.1) is 30.4 Å². The summed E-state index contributed by atoms with van der Waals surface area (Å²) in [5, 5.41) is 3.26. The van der Waals surface area contributed by atoms with Gasteiger partial charge in [0.2, 0.25) is 11.8 Å². The number of halogens is 1. The van der Waals surface area contributed by atoms with E-state index in [-0.39, 0.29) is 23.3 Å². The van der Waals surface area contributed by atoms with E-state index >= 15 is 0 Å². The maximum atomic E-state index is 13.6. The van der Waals surface area contributed by atoms with Gasteiger partial charge in [-0.25, -0.2) is 8.96 Å². The number of para-hydroxylation sites is 1. The molecule has 0 unspecified atom stereocenters. The Morgan fingerprint density at radius 2 is 2.09 bits per heavy atom. The first-order valence-corrected chi connectivity index (χ1v) is 9.93. The van der Waals surface area contributed by atoms with Crippen LogP contribution in [0.3, 0.4) is 0 Å². The lowest BCUT2D eigenvalue weighted by Crippen LogP contribution is -2.11. The van der Waals surface area contributed by atoms with Crippen molar-refractivity contribution < 1.29 is 18.7 Å². The second kappa shape index (κ2) is 7.80. The fraction of sp³-hybridized carbons (Fsp3) is 0.182. The average molecular weight is 434 g/mol. The van der Waals surface area contributed by atoms with Crippen LogP contribution in [0.25, 0.3) is 17.0 Å². The van der Waals surface area contributed by atoms with Crippen LogP contribution in [-0.2, 0) is 13.0 Å². The van der Waals surface area contributed by atoms with Crippen molar-refractivity contribution in [2.75, 3.05) is 19.0 Å². The molecule has 1 aliphatic rings. The summed E-state index contributed by atoms with van der Waals surface area (Å²) in [6.07, 6.45) is 0.648. The van der Waals surface area contributed by atoms with Crippen molar-refractivity contribution in [3.05, 3.63) is 65.0 Å². The SMILES string of the molecule is COc1nc2c(C(N)=O)cccc2n1-c1nc(NCc2cccc(F)c2)c2c(n1)OCC2. The van der Waals surface area contributed by atoms with Gasteiger partial charge in [0.1, 0.15) is 17.2 Å². The fourth-order valence-corrected chi connectivity index (χ4v) is 3.73. The molecule has 162 valence electrons. The number of amides is 1. The van der Waals surface area contributed by atoms with Crippen LogP contribution in [0.1, 0.15) is 21.5 Å². The van der Waals surface area contributed by atoms with Gasteiger partial charge in [-0.05, 0) is 29.8 Å². The third kappa shape index (κ3) is 3.35. The number of benzene rings is 2. The maximum Gasteiger partial charge on any atom is 0.304 e. The first-order valence-electron chi connectivity index (χ1n) is 9.93. The normalized spacial score (nSPS) is 12.4. The number of anilines is 1. The number of carbonyl (C=O) groups is 1. The Morgan fingerprint density at radius 3 is 2.88 bits per heavy atom.